The van der Waals surface area contributed by atoms with Crippen molar-refractivity contribution in [3.05, 3.63) is 35.3 Å². The molecule has 72 valence electrons. The maximum atomic E-state index is 4.49. The van der Waals surface area contributed by atoms with Gasteiger partial charge in [0.05, 0.1) is 5.69 Å². The van der Waals surface area contributed by atoms with Crippen LogP contribution in [0.4, 0.5) is 0 Å². The first kappa shape index (κ1) is 8.04. The van der Waals surface area contributed by atoms with Crippen molar-refractivity contribution in [1.29, 1.82) is 0 Å². The molecule has 0 saturated heterocycles. The molecule has 0 atom stereocenters. The molecule has 1 aliphatic rings. The van der Waals surface area contributed by atoms with Gasteiger partial charge in [0, 0.05) is 12.4 Å². The minimum Gasteiger partial charge on any atom is -0.307 e. The summed E-state index contributed by atoms with van der Waals surface area (Å²) in [5.74, 6) is 0.817. The van der Waals surface area contributed by atoms with E-state index in [9.17, 15) is 0 Å². The molecule has 2 aromatic heterocycles. The standard InChI is InChI=1S/C12H14N2/c1-8-6-14-7-9(2)13-12(14)5-11(8)10-3-4-10/h5-7,10H,3-4H2,1-2H3. The van der Waals surface area contributed by atoms with Crippen molar-refractivity contribution in [2.45, 2.75) is 32.6 Å². The molecule has 2 nitrogen and oxygen atoms in total. The molecule has 2 aromatic rings. The Hall–Kier alpha value is -1.31. The van der Waals surface area contributed by atoms with Gasteiger partial charge in [-0.05, 0) is 49.8 Å². The summed E-state index contributed by atoms with van der Waals surface area (Å²) in [6, 6.07) is 2.25. The van der Waals surface area contributed by atoms with Gasteiger partial charge in [-0.3, -0.25) is 0 Å². The zero-order chi connectivity index (χ0) is 9.71. The van der Waals surface area contributed by atoms with Gasteiger partial charge in [0.1, 0.15) is 5.65 Å². The largest absolute Gasteiger partial charge is 0.307 e. The second-order valence-electron chi connectivity index (χ2n) is 4.33. The lowest BCUT2D eigenvalue weighted by Gasteiger charge is -2.04. The molecule has 0 aromatic carbocycles. The molecule has 1 aliphatic carbocycles. The fourth-order valence-electron chi connectivity index (χ4n) is 2.12. The second-order valence-corrected chi connectivity index (χ2v) is 4.33. The van der Waals surface area contributed by atoms with E-state index < -0.39 is 0 Å². The van der Waals surface area contributed by atoms with Crippen LogP contribution in [0.3, 0.4) is 0 Å². The molecule has 0 unspecified atom stereocenters. The van der Waals surface area contributed by atoms with E-state index >= 15 is 0 Å². The highest BCUT2D eigenvalue weighted by Gasteiger charge is 2.25. The number of pyridine rings is 1. The van der Waals surface area contributed by atoms with E-state index in [-0.39, 0.29) is 0 Å². The topological polar surface area (TPSA) is 17.3 Å². The van der Waals surface area contributed by atoms with Crippen LogP contribution in [0.5, 0.6) is 0 Å². The van der Waals surface area contributed by atoms with Crippen molar-refractivity contribution in [3.8, 4) is 0 Å². The van der Waals surface area contributed by atoms with Gasteiger partial charge < -0.3 is 4.40 Å². The first-order chi connectivity index (χ1) is 6.74. The summed E-state index contributed by atoms with van der Waals surface area (Å²) in [5.41, 5.74) is 5.09. The Morgan fingerprint density at radius 2 is 2.07 bits per heavy atom. The quantitative estimate of drug-likeness (QED) is 0.669. The van der Waals surface area contributed by atoms with Crippen molar-refractivity contribution >= 4 is 5.65 Å². The minimum absolute atomic E-state index is 0.817. The lowest BCUT2D eigenvalue weighted by Crippen LogP contribution is -1.91. The summed E-state index contributed by atoms with van der Waals surface area (Å²) in [6.07, 6.45) is 7.00. The first-order valence-electron chi connectivity index (χ1n) is 5.20. The molecular weight excluding hydrogens is 172 g/mol. The highest BCUT2D eigenvalue weighted by atomic mass is 15.0. The molecule has 0 bridgehead atoms. The highest BCUT2D eigenvalue weighted by Crippen LogP contribution is 2.41. The number of nitrogens with zero attached hydrogens (tertiary/aromatic N) is 2. The van der Waals surface area contributed by atoms with Gasteiger partial charge in [-0.1, -0.05) is 0 Å². The van der Waals surface area contributed by atoms with Crippen molar-refractivity contribution in [1.82, 2.24) is 9.38 Å². The molecule has 1 saturated carbocycles. The maximum absolute atomic E-state index is 4.49. The van der Waals surface area contributed by atoms with Crippen LogP contribution in [0.1, 0.15) is 35.6 Å². The Balaban J connectivity index is 2.25. The van der Waals surface area contributed by atoms with Gasteiger partial charge in [-0.15, -0.1) is 0 Å². The Morgan fingerprint density at radius 3 is 2.79 bits per heavy atom. The summed E-state index contributed by atoms with van der Waals surface area (Å²) >= 11 is 0. The van der Waals surface area contributed by atoms with Gasteiger partial charge in [-0.2, -0.15) is 0 Å². The fourth-order valence-corrected chi connectivity index (χ4v) is 2.12. The van der Waals surface area contributed by atoms with E-state index in [1.165, 1.54) is 24.0 Å². The second kappa shape index (κ2) is 2.59. The number of rotatable bonds is 1. The Kier molecular flexibility index (Phi) is 1.49. The van der Waals surface area contributed by atoms with E-state index in [0.29, 0.717) is 0 Å². The summed E-state index contributed by atoms with van der Waals surface area (Å²) in [4.78, 5) is 4.49. The molecule has 3 rings (SSSR count). The zero-order valence-electron chi connectivity index (χ0n) is 8.62. The van der Waals surface area contributed by atoms with Crippen LogP contribution in [0.2, 0.25) is 0 Å². The Morgan fingerprint density at radius 1 is 1.29 bits per heavy atom. The molecule has 14 heavy (non-hydrogen) atoms. The van der Waals surface area contributed by atoms with Crippen molar-refractivity contribution < 1.29 is 0 Å². The first-order valence-corrected chi connectivity index (χ1v) is 5.20. The third-order valence-corrected chi connectivity index (χ3v) is 2.97. The zero-order valence-corrected chi connectivity index (χ0v) is 8.62. The van der Waals surface area contributed by atoms with E-state index in [4.69, 9.17) is 0 Å². The van der Waals surface area contributed by atoms with E-state index in [1.54, 1.807) is 0 Å². The summed E-state index contributed by atoms with van der Waals surface area (Å²) in [7, 11) is 0. The van der Waals surface area contributed by atoms with Crippen molar-refractivity contribution in [3.63, 3.8) is 0 Å². The molecule has 2 heterocycles. The van der Waals surface area contributed by atoms with E-state index in [0.717, 1.165) is 17.3 Å². The Labute approximate surface area is 83.6 Å². The average molecular weight is 186 g/mol. The number of aromatic nitrogens is 2. The number of fused-ring (bicyclic) bond motifs is 1. The molecule has 1 fully saturated rings. The van der Waals surface area contributed by atoms with Gasteiger partial charge in [0.2, 0.25) is 0 Å². The number of aryl methyl sites for hydroxylation is 2. The number of imidazole rings is 1. The van der Waals surface area contributed by atoms with Crippen LogP contribution in [-0.2, 0) is 0 Å². The lowest BCUT2D eigenvalue weighted by molar-refractivity contribution is 1.05. The molecule has 0 radical (unpaired) electrons. The number of hydrogen-bond acceptors (Lipinski definition) is 1. The normalized spacial score (nSPS) is 16.4. The van der Waals surface area contributed by atoms with Gasteiger partial charge in [-0.25, -0.2) is 4.98 Å². The van der Waals surface area contributed by atoms with Crippen LogP contribution in [0.25, 0.3) is 5.65 Å². The number of hydrogen-bond donors (Lipinski definition) is 0. The van der Waals surface area contributed by atoms with Crippen LogP contribution in [-0.4, -0.2) is 9.38 Å². The monoisotopic (exact) mass is 186 g/mol. The molecule has 0 N–H and O–H groups in total. The summed E-state index contributed by atoms with van der Waals surface area (Å²) in [6.45, 7) is 4.24. The van der Waals surface area contributed by atoms with Gasteiger partial charge >= 0.3 is 0 Å². The minimum atomic E-state index is 0.817. The molecular formula is C12H14N2. The predicted molar refractivity (Wildman–Crippen MR) is 56.6 cm³/mol. The smallest absolute Gasteiger partial charge is 0.137 e. The van der Waals surface area contributed by atoms with Crippen LogP contribution >= 0.6 is 0 Å². The summed E-state index contributed by atoms with van der Waals surface area (Å²) < 4.78 is 2.12. The maximum Gasteiger partial charge on any atom is 0.137 e. The van der Waals surface area contributed by atoms with Gasteiger partial charge in [0.15, 0.2) is 0 Å². The third kappa shape index (κ3) is 1.14. The van der Waals surface area contributed by atoms with Crippen molar-refractivity contribution in [2.75, 3.05) is 0 Å². The van der Waals surface area contributed by atoms with E-state index in [1.807, 2.05) is 6.92 Å². The van der Waals surface area contributed by atoms with Crippen LogP contribution in [0.15, 0.2) is 18.5 Å². The third-order valence-electron chi connectivity index (χ3n) is 2.97. The predicted octanol–water partition coefficient (Wildman–Crippen LogP) is 2.83. The SMILES string of the molecule is Cc1cn2cc(C)c(C3CC3)cc2n1. The molecule has 0 amide bonds. The highest BCUT2D eigenvalue weighted by molar-refractivity contribution is 5.47. The van der Waals surface area contributed by atoms with Crippen molar-refractivity contribution in [2.24, 2.45) is 0 Å². The Bertz CT molecular complexity index is 492. The molecule has 2 heteroatoms. The van der Waals surface area contributed by atoms with Crippen LogP contribution < -0.4 is 0 Å². The molecule has 0 spiro atoms. The lowest BCUT2D eigenvalue weighted by atomic mass is 10.1. The average Bonchev–Trinajstić information content (AvgIpc) is 2.88. The summed E-state index contributed by atoms with van der Waals surface area (Å²) in [5, 5.41) is 0. The van der Waals surface area contributed by atoms with E-state index in [2.05, 4.69) is 34.8 Å². The fraction of sp³-hybridized carbons (Fsp3) is 0.417. The van der Waals surface area contributed by atoms with Crippen LogP contribution in [0, 0.1) is 13.8 Å². The molecule has 0 aliphatic heterocycles. The van der Waals surface area contributed by atoms with Gasteiger partial charge in [0.25, 0.3) is 0 Å².